The fraction of sp³-hybridized carbons (Fsp3) is 0.444. The predicted octanol–water partition coefficient (Wildman–Crippen LogP) is 4.04. The van der Waals surface area contributed by atoms with Gasteiger partial charge < -0.3 is 5.11 Å². The first-order chi connectivity index (χ1) is 11.1. The molecule has 2 aromatic rings. The zero-order valence-corrected chi connectivity index (χ0v) is 13.6. The monoisotopic (exact) mass is 336 g/mol. The molecular formula is C18H19F3N2O. The summed E-state index contributed by atoms with van der Waals surface area (Å²) < 4.78 is 38.6. The molecule has 1 atom stereocenters. The fourth-order valence-electron chi connectivity index (χ4n) is 3.11. The van der Waals surface area contributed by atoms with Crippen LogP contribution in [0.2, 0.25) is 0 Å². The summed E-state index contributed by atoms with van der Waals surface area (Å²) in [5.74, 6) is 0.110. The minimum atomic E-state index is -4.38. The van der Waals surface area contributed by atoms with Gasteiger partial charge in [-0.2, -0.15) is 23.4 Å². The molecular weight excluding hydrogens is 317 g/mol. The third-order valence-electron chi connectivity index (χ3n) is 4.65. The van der Waals surface area contributed by atoms with Crippen molar-refractivity contribution in [3.05, 3.63) is 47.2 Å². The Morgan fingerprint density at radius 3 is 2.54 bits per heavy atom. The van der Waals surface area contributed by atoms with E-state index in [0.29, 0.717) is 17.7 Å². The smallest absolute Gasteiger partial charge is 0.390 e. The molecule has 3 rings (SSSR count). The van der Waals surface area contributed by atoms with Crippen molar-refractivity contribution >= 4 is 0 Å². The fourth-order valence-corrected chi connectivity index (χ4v) is 3.11. The highest BCUT2D eigenvalue weighted by Crippen LogP contribution is 2.34. The zero-order valence-electron chi connectivity index (χ0n) is 13.6. The lowest BCUT2D eigenvalue weighted by Gasteiger charge is -2.32. The van der Waals surface area contributed by atoms with Crippen molar-refractivity contribution in [1.29, 1.82) is 0 Å². The topological polar surface area (TPSA) is 46.0 Å². The summed E-state index contributed by atoms with van der Waals surface area (Å²) >= 11 is 0. The van der Waals surface area contributed by atoms with Gasteiger partial charge in [0, 0.05) is 5.56 Å². The van der Waals surface area contributed by atoms with Crippen LogP contribution in [0.4, 0.5) is 13.2 Å². The van der Waals surface area contributed by atoms with E-state index >= 15 is 0 Å². The molecule has 1 N–H and O–H groups in total. The second-order valence-corrected chi connectivity index (χ2v) is 6.87. The average Bonchev–Trinajstić information content (AvgIpc) is 2.52. The van der Waals surface area contributed by atoms with Crippen molar-refractivity contribution in [1.82, 2.24) is 10.2 Å². The van der Waals surface area contributed by atoms with E-state index in [9.17, 15) is 18.3 Å². The lowest BCUT2D eigenvalue weighted by atomic mass is 9.78. The molecule has 0 radical (unpaired) electrons. The van der Waals surface area contributed by atoms with Gasteiger partial charge >= 0.3 is 6.18 Å². The summed E-state index contributed by atoms with van der Waals surface area (Å²) in [5.41, 5.74) is 1.20. The lowest BCUT2D eigenvalue weighted by molar-refractivity contribution is -0.137. The number of fused-ring (bicyclic) bond motifs is 1. The molecule has 6 heteroatoms. The molecule has 0 saturated carbocycles. The Hall–Kier alpha value is -1.95. The first kappa shape index (κ1) is 16.9. The van der Waals surface area contributed by atoms with E-state index in [4.69, 9.17) is 0 Å². The van der Waals surface area contributed by atoms with E-state index < -0.39 is 17.3 Å². The maximum atomic E-state index is 12.9. The number of aryl methyl sites for hydroxylation is 1. The van der Waals surface area contributed by atoms with Crippen LogP contribution in [0.25, 0.3) is 11.3 Å². The van der Waals surface area contributed by atoms with Crippen molar-refractivity contribution in [3.8, 4) is 11.3 Å². The number of alkyl halides is 3. The van der Waals surface area contributed by atoms with E-state index in [-0.39, 0.29) is 5.92 Å². The molecule has 1 aromatic carbocycles. The van der Waals surface area contributed by atoms with E-state index in [1.165, 1.54) is 6.07 Å². The number of benzene rings is 1. The van der Waals surface area contributed by atoms with Gasteiger partial charge in [0.25, 0.3) is 0 Å². The highest BCUT2D eigenvalue weighted by atomic mass is 19.4. The quantitative estimate of drug-likeness (QED) is 0.900. The molecule has 0 amide bonds. The predicted molar refractivity (Wildman–Crippen MR) is 84.3 cm³/mol. The normalized spacial score (nSPS) is 18.3. The van der Waals surface area contributed by atoms with E-state index in [1.807, 2.05) is 6.07 Å². The molecule has 24 heavy (non-hydrogen) atoms. The van der Waals surface area contributed by atoms with Crippen LogP contribution < -0.4 is 0 Å². The zero-order chi connectivity index (χ0) is 17.5. The number of rotatable bonds is 2. The van der Waals surface area contributed by atoms with Crippen molar-refractivity contribution in [3.63, 3.8) is 0 Å². The van der Waals surface area contributed by atoms with Crippen LogP contribution >= 0.6 is 0 Å². The van der Waals surface area contributed by atoms with Crippen LogP contribution in [-0.4, -0.2) is 20.9 Å². The van der Waals surface area contributed by atoms with Crippen LogP contribution in [0.15, 0.2) is 30.3 Å². The Morgan fingerprint density at radius 1 is 1.12 bits per heavy atom. The third kappa shape index (κ3) is 3.43. The summed E-state index contributed by atoms with van der Waals surface area (Å²) in [7, 11) is 0. The molecule has 1 aromatic heterocycles. The van der Waals surface area contributed by atoms with Crippen LogP contribution in [0.5, 0.6) is 0 Å². The van der Waals surface area contributed by atoms with Gasteiger partial charge in [-0.15, -0.1) is 0 Å². The number of aromatic nitrogens is 2. The van der Waals surface area contributed by atoms with E-state index in [1.54, 1.807) is 19.9 Å². The molecule has 0 aliphatic heterocycles. The minimum absolute atomic E-state index is 0.110. The number of hydrogen-bond donors (Lipinski definition) is 1. The molecule has 1 unspecified atom stereocenters. The number of halogens is 3. The maximum Gasteiger partial charge on any atom is 0.416 e. The van der Waals surface area contributed by atoms with Gasteiger partial charge in [-0.05, 0) is 62.8 Å². The van der Waals surface area contributed by atoms with Gasteiger partial charge in [-0.3, -0.25) is 0 Å². The number of aliphatic hydroxyl groups is 1. The molecule has 0 bridgehead atoms. The third-order valence-corrected chi connectivity index (χ3v) is 4.65. The second-order valence-electron chi connectivity index (χ2n) is 6.87. The Bertz CT molecular complexity index is 751. The maximum absolute atomic E-state index is 12.9. The van der Waals surface area contributed by atoms with E-state index in [0.717, 1.165) is 36.2 Å². The van der Waals surface area contributed by atoms with Crippen LogP contribution in [0.1, 0.15) is 37.1 Å². The summed E-state index contributed by atoms with van der Waals surface area (Å²) in [6.07, 6.45) is -2.18. The first-order valence-corrected chi connectivity index (χ1v) is 7.90. The largest absolute Gasteiger partial charge is 0.416 e. The van der Waals surface area contributed by atoms with Crippen LogP contribution in [-0.2, 0) is 19.0 Å². The molecule has 3 nitrogen and oxygen atoms in total. The van der Waals surface area contributed by atoms with Gasteiger partial charge in [0.15, 0.2) is 0 Å². The number of nitrogens with zero attached hydrogens (tertiary/aromatic N) is 2. The number of hydrogen-bond acceptors (Lipinski definition) is 3. The Balaban J connectivity index is 1.91. The molecule has 0 saturated heterocycles. The van der Waals surface area contributed by atoms with Gasteiger partial charge in [-0.1, -0.05) is 12.1 Å². The Morgan fingerprint density at radius 2 is 1.88 bits per heavy atom. The summed E-state index contributed by atoms with van der Waals surface area (Å²) in [5, 5.41) is 18.5. The standard InChI is InChI=1S/C18H19F3N2O/c1-17(2,24)13-7-6-12-9-15(22-23-16(12)10-13)11-4-3-5-14(8-11)18(19,20)21/h3-5,8-9,13,24H,6-7,10H2,1-2H3. The molecule has 1 aliphatic rings. The average molecular weight is 336 g/mol. The molecule has 0 spiro atoms. The highest BCUT2D eigenvalue weighted by molar-refractivity contribution is 5.61. The summed E-state index contributed by atoms with van der Waals surface area (Å²) in [4.78, 5) is 0. The van der Waals surface area contributed by atoms with Gasteiger partial charge in [0.05, 0.1) is 22.6 Å². The first-order valence-electron chi connectivity index (χ1n) is 7.90. The van der Waals surface area contributed by atoms with E-state index in [2.05, 4.69) is 10.2 Å². The molecule has 128 valence electrons. The van der Waals surface area contributed by atoms with Gasteiger partial charge in [0.2, 0.25) is 0 Å². The van der Waals surface area contributed by atoms with Crippen LogP contribution in [0.3, 0.4) is 0 Å². The molecule has 1 aliphatic carbocycles. The Kier molecular flexibility index (Phi) is 4.11. The van der Waals surface area contributed by atoms with Crippen molar-refractivity contribution in [2.75, 3.05) is 0 Å². The van der Waals surface area contributed by atoms with Crippen molar-refractivity contribution in [2.24, 2.45) is 5.92 Å². The second kappa shape index (κ2) is 5.84. The highest BCUT2D eigenvalue weighted by Gasteiger charge is 2.32. The minimum Gasteiger partial charge on any atom is -0.390 e. The summed E-state index contributed by atoms with van der Waals surface area (Å²) in [6.45, 7) is 3.57. The SMILES string of the molecule is CC(C)(O)C1CCc2cc(-c3cccc(C(F)(F)F)c3)nnc2C1. The van der Waals surface area contributed by atoms with Gasteiger partial charge in [-0.25, -0.2) is 0 Å². The van der Waals surface area contributed by atoms with Crippen molar-refractivity contribution < 1.29 is 18.3 Å². The molecule has 1 heterocycles. The van der Waals surface area contributed by atoms with Crippen LogP contribution in [0, 0.1) is 5.92 Å². The van der Waals surface area contributed by atoms with Crippen molar-refractivity contribution in [2.45, 2.75) is 44.9 Å². The van der Waals surface area contributed by atoms with Gasteiger partial charge in [0.1, 0.15) is 0 Å². The molecule has 0 fully saturated rings. The lowest BCUT2D eigenvalue weighted by Crippen LogP contribution is -2.35. The Labute approximate surface area is 138 Å². The summed E-state index contributed by atoms with van der Waals surface area (Å²) in [6, 6.07) is 6.94.